The molecule has 502 valence electrons. The van der Waals surface area contributed by atoms with Gasteiger partial charge in [0.1, 0.15) is 6.54 Å². The summed E-state index contributed by atoms with van der Waals surface area (Å²) >= 11 is 1.90. The molecule has 0 aromatic heterocycles. The molecule has 2 saturated heterocycles. The van der Waals surface area contributed by atoms with Crippen molar-refractivity contribution in [2.24, 2.45) is 5.92 Å². The number of ether oxygens (including phenoxy) is 9. The van der Waals surface area contributed by atoms with Crippen molar-refractivity contribution in [3.8, 4) is 0 Å². The number of unbranched alkanes of at least 4 members (excludes halogenated alkanes) is 15. The van der Waals surface area contributed by atoms with Crippen LogP contribution in [-0.4, -0.2) is 229 Å². The Balaban J connectivity index is 1.23. The fourth-order valence-electron chi connectivity index (χ4n) is 9.88. The molecule has 2 fully saturated rings. The van der Waals surface area contributed by atoms with Gasteiger partial charge in [-0.2, -0.15) is 11.8 Å². The van der Waals surface area contributed by atoms with Crippen molar-refractivity contribution in [3.05, 3.63) is 0 Å². The van der Waals surface area contributed by atoms with Crippen LogP contribution < -0.4 is 31.9 Å². The average Bonchev–Trinajstić information content (AvgIpc) is 2.56. The van der Waals surface area contributed by atoms with Gasteiger partial charge in [-0.25, -0.2) is 4.79 Å². The van der Waals surface area contributed by atoms with Crippen LogP contribution in [0.5, 0.6) is 0 Å². The normalized spacial score (nSPS) is 16.3. The summed E-state index contributed by atoms with van der Waals surface area (Å²) in [4.78, 5) is 73.8. The number of fused-ring (bicyclic) bond motifs is 1. The van der Waals surface area contributed by atoms with E-state index in [1.54, 1.807) is 0 Å². The average molecular weight is 1250 g/mol. The predicted octanol–water partition coefficient (Wildman–Crippen LogP) is 6.78. The van der Waals surface area contributed by atoms with Crippen LogP contribution in [0, 0.1) is 5.92 Å². The molecule has 0 aliphatic carbocycles. The molecule has 0 aromatic carbocycles. The number of amides is 6. The molecule has 6 amide bonds. The number of hydrogen-bond acceptors (Lipinski definition) is 16. The number of carbonyl (C=O) groups is 6. The maximum atomic E-state index is 13.0. The van der Waals surface area contributed by atoms with Gasteiger partial charge in [-0.05, 0) is 44.9 Å². The summed E-state index contributed by atoms with van der Waals surface area (Å²) in [5.74, 6) is 0.488. The number of esters is 1. The molecule has 6 N–H and O–H groups in total. The Bertz CT molecular complexity index is 1720. The van der Waals surface area contributed by atoms with Crippen LogP contribution in [0.15, 0.2) is 0 Å². The van der Waals surface area contributed by atoms with Crippen molar-refractivity contribution in [1.29, 1.82) is 0 Å². The second kappa shape index (κ2) is 54.5. The second-order valence-corrected chi connectivity index (χ2v) is 25.0. The first kappa shape index (κ1) is 78.7. The van der Waals surface area contributed by atoms with Crippen molar-refractivity contribution in [2.45, 2.75) is 198 Å². The van der Waals surface area contributed by atoms with Crippen LogP contribution in [0.1, 0.15) is 174 Å². The summed E-state index contributed by atoms with van der Waals surface area (Å²) in [7, 11) is 6.09. The largest absolute Gasteiger partial charge is 0.456 e. The maximum Gasteiger partial charge on any atom is 0.315 e. The fourth-order valence-corrected chi connectivity index (χ4v) is 11.4. The molecular weight excluding hydrogens is 1130 g/mol. The molecule has 0 bridgehead atoms. The molecule has 2 aliphatic heterocycles. The van der Waals surface area contributed by atoms with Gasteiger partial charge in [0.25, 0.3) is 0 Å². The van der Waals surface area contributed by atoms with Crippen molar-refractivity contribution in [3.63, 3.8) is 0 Å². The molecule has 2 heterocycles. The van der Waals surface area contributed by atoms with E-state index in [1.807, 2.05) is 39.8 Å². The summed E-state index contributed by atoms with van der Waals surface area (Å²) in [6.45, 7) is 13.7. The molecule has 0 saturated carbocycles. The van der Waals surface area contributed by atoms with Crippen LogP contribution in [0.2, 0.25) is 0 Å². The van der Waals surface area contributed by atoms with Gasteiger partial charge in [0, 0.05) is 56.4 Å². The zero-order chi connectivity index (χ0) is 62.4. The zero-order valence-electron chi connectivity index (χ0n) is 54.1. The third-order valence-corrected chi connectivity index (χ3v) is 16.2. The Morgan fingerprint density at radius 3 is 1.31 bits per heavy atom. The number of likely N-dealkylation sites (N-methyl/N-ethyl adjacent to an activating group) is 1. The number of quaternary nitrogens is 1. The van der Waals surface area contributed by atoms with Crippen molar-refractivity contribution in [2.75, 3.05) is 165 Å². The monoisotopic (exact) mass is 1250 g/mol. The Labute approximate surface area is 522 Å². The van der Waals surface area contributed by atoms with Gasteiger partial charge in [0.15, 0.2) is 6.10 Å². The summed E-state index contributed by atoms with van der Waals surface area (Å²) < 4.78 is 50.9. The lowest BCUT2D eigenvalue weighted by molar-refractivity contribution is -0.873. The van der Waals surface area contributed by atoms with Crippen LogP contribution in [0.3, 0.4) is 0 Å². The minimum absolute atomic E-state index is 0.0101. The molecular formula is C63H120N7O15S+. The number of nitrogens with one attached hydrogen (secondary N) is 6. The molecule has 5 atom stereocenters. The van der Waals surface area contributed by atoms with Gasteiger partial charge in [-0.3, -0.25) is 24.0 Å². The third kappa shape index (κ3) is 47.6. The highest BCUT2D eigenvalue weighted by atomic mass is 32.2. The summed E-state index contributed by atoms with van der Waals surface area (Å²) in [6, 6.07) is 0.378. The molecule has 2 unspecified atom stereocenters. The van der Waals surface area contributed by atoms with E-state index in [0.29, 0.717) is 167 Å². The molecule has 0 spiro atoms. The smallest absolute Gasteiger partial charge is 0.315 e. The van der Waals surface area contributed by atoms with Crippen molar-refractivity contribution >= 4 is 47.4 Å². The molecule has 0 radical (unpaired) electrons. The molecule has 22 nitrogen and oxygen atoms in total. The lowest BCUT2D eigenvalue weighted by atomic mass is 10.0. The molecule has 23 heteroatoms. The van der Waals surface area contributed by atoms with Gasteiger partial charge in [0.2, 0.25) is 23.6 Å². The van der Waals surface area contributed by atoms with Gasteiger partial charge in [-0.1, -0.05) is 104 Å². The lowest BCUT2D eigenvalue weighted by Gasteiger charge is -2.29. The highest BCUT2D eigenvalue weighted by Gasteiger charge is 2.42. The van der Waals surface area contributed by atoms with E-state index < -0.39 is 6.10 Å². The summed E-state index contributed by atoms with van der Waals surface area (Å²) in [6.07, 6.45) is 23.6. The number of carbonyl (C=O) groups excluding carboxylic acids is 6. The van der Waals surface area contributed by atoms with Crippen molar-refractivity contribution < 1.29 is 75.9 Å². The first-order chi connectivity index (χ1) is 41.8. The highest BCUT2D eigenvalue weighted by Crippen LogP contribution is 2.33. The van der Waals surface area contributed by atoms with Crippen molar-refractivity contribution in [1.82, 2.24) is 31.9 Å². The Morgan fingerprint density at radius 2 is 0.872 bits per heavy atom. The quantitative estimate of drug-likeness (QED) is 0.0159. The molecule has 86 heavy (non-hydrogen) atoms. The van der Waals surface area contributed by atoms with Gasteiger partial charge in [0.05, 0.1) is 151 Å². The number of rotatable bonds is 62. The van der Waals surface area contributed by atoms with Gasteiger partial charge in [-0.15, -0.1) is 0 Å². The van der Waals surface area contributed by atoms with E-state index in [1.165, 1.54) is 57.8 Å². The predicted molar refractivity (Wildman–Crippen MR) is 337 cm³/mol. The number of hydrogen-bond donors (Lipinski definition) is 6. The summed E-state index contributed by atoms with van der Waals surface area (Å²) in [5.41, 5.74) is 0. The number of nitrogens with zero attached hydrogens (tertiary/aromatic N) is 1. The van der Waals surface area contributed by atoms with E-state index in [4.69, 9.17) is 42.6 Å². The standard InChI is InChI=1S/C63H119N7O15S/c1-6-7-8-9-10-11-12-13-14-15-18-25-53(2)62(75)85-54(51-70(3,4)5)50-60(74)67-33-35-78-37-39-80-41-43-82-45-47-84-49-48-83-46-44-81-42-40-79-38-36-77-34-32-66-59(73)28-20-17-24-30-64-57(71)27-19-16-23-31-65-58(72)29-22-21-26-56-61-55(52-86-56)68-63(76)69-61/h53-56,61H,6-52H2,1-5H3,(H5-,64,65,66,67,68,69,71,72,73,74,76)/p+1/t53?,54?,55-,56-,61-/m0/s1. The Kier molecular flexibility index (Phi) is 49.9. The minimum atomic E-state index is -0.493. The van der Waals surface area contributed by atoms with E-state index in [0.717, 1.165) is 82.8 Å². The maximum absolute atomic E-state index is 13.0. The van der Waals surface area contributed by atoms with E-state index in [2.05, 4.69) is 38.8 Å². The fraction of sp³-hybridized carbons (Fsp3) is 0.905. The Morgan fingerprint density at radius 1 is 0.488 bits per heavy atom. The molecule has 0 aromatic rings. The minimum Gasteiger partial charge on any atom is -0.456 e. The van der Waals surface area contributed by atoms with Crippen LogP contribution in [-0.2, 0) is 66.6 Å². The van der Waals surface area contributed by atoms with Gasteiger partial charge < -0.3 is 79.0 Å². The Hall–Kier alpha value is -3.39. The first-order valence-corrected chi connectivity index (χ1v) is 34.2. The van der Waals surface area contributed by atoms with Crippen LogP contribution in [0.4, 0.5) is 4.79 Å². The van der Waals surface area contributed by atoms with Crippen LogP contribution in [0.25, 0.3) is 0 Å². The van der Waals surface area contributed by atoms with E-state index >= 15 is 0 Å². The topological polar surface area (TPSA) is 258 Å². The van der Waals surface area contributed by atoms with E-state index in [-0.39, 0.29) is 60.1 Å². The van der Waals surface area contributed by atoms with E-state index in [9.17, 15) is 28.8 Å². The lowest BCUT2D eigenvalue weighted by Crippen LogP contribution is -2.45. The summed E-state index contributed by atoms with van der Waals surface area (Å²) in [5, 5.41) is 18.1. The SMILES string of the molecule is CCCCCCCCCCCCCC(C)C(=O)OC(CC(=O)NCCOCCOCCOCCOCCOCCOCCOCCOCCNC(=O)CCCCCNC(=O)CCCCCNC(=O)CCCC[C@@H]1SC[C@@H]2NC(=O)N[C@@H]21)C[N+](C)(C)C. The van der Waals surface area contributed by atoms with Crippen LogP contribution >= 0.6 is 11.8 Å². The second-order valence-electron chi connectivity index (χ2n) is 23.7. The molecule has 2 rings (SSSR count). The highest BCUT2D eigenvalue weighted by molar-refractivity contribution is 8.00. The number of urea groups is 1. The number of thioether (sulfide) groups is 1. The first-order valence-electron chi connectivity index (χ1n) is 33.2. The van der Waals surface area contributed by atoms with Gasteiger partial charge >= 0.3 is 12.0 Å². The molecule has 2 aliphatic rings. The zero-order valence-corrected chi connectivity index (χ0v) is 54.9. The third-order valence-electron chi connectivity index (χ3n) is 14.7.